The summed E-state index contributed by atoms with van der Waals surface area (Å²) >= 11 is 7.56. The number of rotatable bonds is 6. The van der Waals surface area contributed by atoms with Crippen molar-refractivity contribution in [1.82, 2.24) is 14.9 Å². The Morgan fingerprint density at radius 2 is 2.00 bits per heavy atom. The van der Waals surface area contributed by atoms with Gasteiger partial charge in [0.05, 0.1) is 17.4 Å². The second-order valence-electron chi connectivity index (χ2n) is 5.41. The number of aromatic nitrogens is 2. The van der Waals surface area contributed by atoms with E-state index in [1.807, 2.05) is 60.0 Å². The van der Waals surface area contributed by atoms with E-state index in [4.69, 9.17) is 11.6 Å². The summed E-state index contributed by atoms with van der Waals surface area (Å²) in [6.07, 6.45) is 1.72. The Labute approximate surface area is 150 Å². The number of hydrogen-bond acceptors (Lipinski definition) is 3. The molecule has 1 heterocycles. The number of imidazole rings is 1. The van der Waals surface area contributed by atoms with Crippen molar-refractivity contribution in [2.45, 2.75) is 17.9 Å². The molecule has 3 aromatic rings. The normalized spacial score (nSPS) is 12.2. The number of nitrogens with one attached hydrogen (secondary N) is 1. The highest BCUT2D eigenvalue weighted by Crippen LogP contribution is 2.20. The Morgan fingerprint density at radius 3 is 2.79 bits per heavy atom. The van der Waals surface area contributed by atoms with Gasteiger partial charge in [-0.25, -0.2) is 4.98 Å². The van der Waals surface area contributed by atoms with Crippen molar-refractivity contribution in [2.24, 2.45) is 0 Å². The molecule has 1 amide bonds. The van der Waals surface area contributed by atoms with Gasteiger partial charge in [0.2, 0.25) is 5.91 Å². The molecule has 0 saturated heterocycles. The third-order valence-electron chi connectivity index (χ3n) is 3.76. The predicted molar refractivity (Wildman–Crippen MR) is 99.6 cm³/mol. The molecule has 0 aliphatic rings. The van der Waals surface area contributed by atoms with Crippen LogP contribution in [0.15, 0.2) is 59.8 Å². The SMILES string of the molecule is C[C@H](C(=O)NCCSc1ccc(Cl)cc1)n1cnc2ccccc21. The van der Waals surface area contributed by atoms with Crippen molar-refractivity contribution in [3.05, 3.63) is 59.9 Å². The highest BCUT2D eigenvalue weighted by molar-refractivity contribution is 7.99. The van der Waals surface area contributed by atoms with E-state index in [-0.39, 0.29) is 11.9 Å². The van der Waals surface area contributed by atoms with Crippen molar-refractivity contribution in [3.63, 3.8) is 0 Å². The molecule has 0 spiro atoms. The van der Waals surface area contributed by atoms with E-state index < -0.39 is 0 Å². The van der Waals surface area contributed by atoms with Crippen LogP contribution in [0.3, 0.4) is 0 Å². The molecule has 0 aliphatic carbocycles. The molecule has 2 aromatic carbocycles. The lowest BCUT2D eigenvalue weighted by Gasteiger charge is -2.14. The highest BCUT2D eigenvalue weighted by atomic mass is 35.5. The van der Waals surface area contributed by atoms with E-state index in [1.165, 1.54) is 0 Å². The summed E-state index contributed by atoms with van der Waals surface area (Å²) in [6.45, 7) is 2.50. The van der Waals surface area contributed by atoms with Crippen LogP contribution in [-0.2, 0) is 4.79 Å². The Kier molecular flexibility index (Phi) is 5.43. The molecule has 0 aliphatic heterocycles. The zero-order chi connectivity index (χ0) is 16.9. The standard InChI is InChI=1S/C18H18ClN3OS/c1-13(22-12-21-16-4-2-3-5-17(16)22)18(23)20-10-11-24-15-8-6-14(19)7-9-15/h2-9,12-13H,10-11H2,1H3,(H,20,23)/t13-/m1/s1. The number of para-hydroxylation sites is 2. The number of fused-ring (bicyclic) bond motifs is 1. The molecule has 24 heavy (non-hydrogen) atoms. The number of carbonyl (C=O) groups excluding carboxylic acids is 1. The second-order valence-corrected chi connectivity index (χ2v) is 7.01. The Hall–Kier alpha value is -1.98. The average molecular weight is 360 g/mol. The van der Waals surface area contributed by atoms with E-state index in [9.17, 15) is 4.79 Å². The number of benzene rings is 2. The average Bonchev–Trinajstić information content (AvgIpc) is 3.03. The van der Waals surface area contributed by atoms with Crippen LogP contribution in [-0.4, -0.2) is 27.8 Å². The van der Waals surface area contributed by atoms with Crippen LogP contribution in [0.1, 0.15) is 13.0 Å². The number of halogens is 1. The van der Waals surface area contributed by atoms with Crippen LogP contribution >= 0.6 is 23.4 Å². The topological polar surface area (TPSA) is 46.9 Å². The fourth-order valence-corrected chi connectivity index (χ4v) is 3.33. The molecule has 1 N–H and O–H groups in total. The molecule has 3 rings (SSSR count). The van der Waals surface area contributed by atoms with Gasteiger partial charge in [0.25, 0.3) is 0 Å². The number of thioether (sulfide) groups is 1. The number of carbonyl (C=O) groups is 1. The first kappa shape index (κ1) is 16.9. The van der Waals surface area contributed by atoms with Crippen molar-refractivity contribution in [3.8, 4) is 0 Å². The predicted octanol–water partition coefficient (Wildman–Crippen LogP) is 4.16. The van der Waals surface area contributed by atoms with Gasteiger partial charge in [0.15, 0.2) is 0 Å². The summed E-state index contributed by atoms with van der Waals surface area (Å²) in [5.74, 6) is 0.806. The van der Waals surface area contributed by atoms with Crippen LogP contribution in [0.2, 0.25) is 5.02 Å². The lowest BCUT2D eigenvalue weighted by atomic mass is 10.2. The highest BCUT2D eigenvalue weighted by Gasteiger charge is 2.16. The van der Waals surface area contributed by atoms with E-state index in [2.05, 4.69) is 10.3 Å². The fourth-order valence-electron chi connectivity index (χ4n) is 2.43. The summed E-state index contributed by atoms with van der Waals surface area (Å²) < 4.78 is 1.90. The molecule has 1 atom stereocenters. The maximum absolute atomic E-state index is 12.4. The summed E-state index contributed by atoms with van der Waals surface area (Å²) in [5, 5.41) is 3.71. The van der Waals surface area contributed by atoms with E-state index in [0.717, 1.165) is 26.7 Å². The summed E-state index contributed by atoms with van der Waals surface area (Å²) in [7, 11) is 0. The van der Waals surface area contributed by atoms with Gasteiger partial charge in [-0.2, -0.15) is 0 Å². The molecule has 0 unspecified atom stereocenters. The molecular weight excluding hydrogens is 342 g/mol. The second kappa shape index (κ2) is 7.73. The number of nitrogens with zero attached hydrogens (tertiary/aromatic N) is 2. The third-order valence-corrected chi connectivity index (χ3v) is 5.03. The smallest absolute Gasteiger partial charge is 0.242 e. The maximum atomic E-state index is 12.4. The quantitative estimate of drug-likeness (QED) is 0.531. The minimum atomic E-state index is -0.294. The number of hydrogen-bond donors (Lipinski definition) is 1. The van der Waals surface area contributed by atoms with E-state index in [1.54, 1.807) is 18.1 Å². The molecule has 6 heteroatoms. The Bertz CT molecular complexity index is 832. The molecule has 124 valence electrons. The van der Waals surface area contributed by atoms with Gasteiger partial charge in [0.1, 0.15) is 6.04 Å². The molecule has 0 fully saturated rings. The van der Waals surface area contributed by atoms with Gasteiger partial charge in [0, 0.05) is 22.2 Å². The van der Waals surface area contributed by atoms with Crippen LogP contribution in [0.5, 0.6) is 0 Å². The summed E-state index contributed by atoms with van der Waals surface area (Å²) in [6, 6.07) is 15.2. The van der Waals surface area contributed by atoms with Crippen molar-refractivity contribution >= 4 is 40.3 Å². The summed E-state index contributed by atoms with van der Waals surface area (Å²) in [4.78, 5) is 17.8. The minimum Gasteiger partial charge on any atom is -0.353 e. The van der Waals surface area contributed by atoms with Crippen LogP contribution in [0.4, 0.5) is 0 Å². The van der Waals surface area contributed by atoms with Crippen molar-refractivity contribution < 1.29 is 4.79 Å². The molecular formula is C18H18ClN3OS. The first-order valence-electron chi connectivity index (χ1n) is 7.73. The summed E-state index contributed by atoms with van der Waals surface area (Å²) in [5.41, 5.74) is 1.87. The van der Waals surface area contributed by atoms with Crippen LogP contribution in [0.25, 0.3) is 11.0 Å². The first-order valence-corrected chi connectivity index (χ1v) is 9.09. The monoisotopic (exact) mass is 359 g/mol. The van der Waals surface area contributed by atoms with Gasteiger partial charge >= 0.3 is 0 Å². The van der Waals surface area contributed by atoms with Crippen molar-refractivity contribution in [1.29, 1.82) is 0 Å². The van der Waals surface area contributed by atoms with Gasteiger partial charge in [-0.3, -0.25) is 4.79 Å². The zero-order valence-corrected chi connectivity index (χ0v) is 14.8. The molecule has 1 aromatic heterocycles. The molecule has 0 radical (unpaired) electrons. The minimum absolute atomic E-state index is 0.00476. The lowest BCUT2D eigenvalue weighted by Crippen LogP contribution is -2.32. The lowest BCUT2D eigenvalue weighted by molar-refractivity contribution is -0.123. The van der Waals surface area contributed by atoms with Crippen molar-refractivity contribution in [2.75, 3.05) is 12.3 Å². The van der Waals surface area contributed by atoms with E-state index in [0.29, 0.717) is 6.54 Å². The Balaban J connectivity index is 1.52. The van der Waals surface area contributed by atoms with Crippen LogP contribution < -0.4 is 5.32 Å². The maximum Gasteiger partial charge on any atom is 0.242 e. The van der Waals surface area contributed by atoms with Gasteiger partial charge in [-0.05, 0) is 43.3 Å². The van der Waals surface area contributed by atoms with Gasteiger partial charge in [-0.1, -0.05) is 23.7 Å². The molecule has 0 bridgehead atoms. The zero-order valence-electron chi connectivity index (χ0n) is 13.3. The van der Waals surface area contributed by atoms with Gasteiger partial charge < -0.3 is 9.88 Å². The largest absolute Gasteiger partial charge is 0.353 e. The Morgan fingerprint density at radius 1 is 1.25 bits per heavy atom. The van der Waals surface area contributed by atoms with Gasteiger partial charge in [-0.15, -0.1) is 11.8 Å². The third kappa shape index (κ3) is 3.91. The van der Waals surface area contributed by atoms with Crippen LogP contribution in [0, 0.1) is 0 Å². The fraction of sp³-hybridized carbons (Fsp3) is 0.222. The molecule has 4 nitrogen and oxygen atoms in total. The number of amides is 1. The van der Waals surface area contributed by atoms with E-state index >= 15 is 0 Å². The molecule has 0 saturated carbocycles. The first-order chi connectivity index (χ1) is 11.6.